The summed E-state index contributed by atoms with van der Waals surface area (Å²) in [6.07, 6.45) is 3.73. The highest BCUT2D eigenvalue weighted by Gasteiger charge is 2.32. The van der Waals surface area contributed by atoms with Crippen molar-refractivity contribution < 1.29 is 24.1 Å². The molecule has 1 aromatic carbocycles. The van der Waals surface area contributed by atoms with Crippen molar-refractivity contribution in [3.05, 3.63) is 47.8 Å². The molecule has 1 aliphatic rings. The number of benzene rings is 1. The van der Waals surface area contributed by atoms with Crippen molar-refractivity contribution in [3.63, 3.8) is 0 Å². The number of carboxylic acids is 1. The number of aromatic nitrogens is 1. The second kappa shape index (κ2) is 9.60. The summed E-state index contributed by atoms with van der Waals surface area (Å²) in [5.74, 6) is 0.796. The number of methoxy groups -OCH3 is 3. The molecule has 1 aliphatic heterocycles. The summed E-state index contributed by atoms with van der Waals surface area (Å²) in [6, 6.07) is 9.73. The fraction of sp³-hybridized carbons (Fsp3) is 0.455. The van der Waals surface area contributed by atoms with E-state index in [1.54, 1.807) is 27.5 Å². The number of hydrogen-bond donors (Lipinski definition) is 1. The normalized spacial score (nSPS) is 16.2. The molecule has 3 rings (SSSR count). The third-order valence-electron chi connectivity index (χ3n) is 5.54. The molecular formula is C22H28N2O5. The largest absolute Gasteiger partial charge is 0.493 e. The molecule has 1 N–H and O–H groups in total. The fourth-order valence-electron chi connectivity index (χ4n) is 4.00. The minimum atomic E-state index is -0.713. The van der Waals surface area contributed by atoms with Gasteiger partial charge in [-0.2, -0.15) is 0 Å². The molecular weight excluding hydrogens is 372 g/mol. The zero-order chi connectivity index (χ0) is 20.8. The van der Waals surface area contributed by atoms with E-state index in [0.717, 1.165) is 11.3 Å². The second-order valence-corrected chi connectivity index (χ2v) is 7.11. The van der Waals surface area contributed by atoms with E-state index in [-0.39, 0.29) is 12.0 Å². The van der Waals surface area contributed by atoms with E-state index in [9.17, 15) is 9.90 Å². The summed E-state index contributed by atoms with van der Waals surface area (Å²) in [6.45, 7) is 1.40. The number of likely N-dealkylation sites (tertiary alicyclic amines) is 1. The molecule has 156 valence electrons. The molecule has 0 spiro atoms. The van der Waals surface area contributed by atoms with Crippen LogP contribution in [0.1, 0.15) is 30.1 Å². The van der Waals surface area contributed by atoms with Crippen LogP contribution in [0.25, 0.3) is 0 Å². The summed E-state index contributed by atoms with van der Waals surface area (Å²) in [7, 11) is 4.81. The van der Waals surface area contributed by atoms with Crippen molar-refractivity contribution in [3.8, 4) is 17.2 Å². The van der Waals surface area contributed by atoms with Gasteiger partial charge in [-0.1, -0.05) is 6.07 Å². The van der Waals surface area contributed by atoms with Crippen molar-refractivity contribution in [1.82, 2.24) is 9.88 Å². The molecule has 0 amide bonds. The summed E-state index contributed by atoms with van der Waals surface area (Å²) >= 11 is 0. The lowest BCUT2D eigenvalue weighted by Gasteiger charge is -2.37. The number of rotatable bonds is 8. The Bertz CT molecular complexity index is 819. The van der Waals surface area contributed by atoms with Gasteiger partial charge in [0.15, 0.2) is 11.5 Å². The number of carboxylic acid groups (broad SMARTS) is 1. The summed E-state index contributed by atoms with van der Waals surface area (Å²) in [4.78, 5) is 18.2. The Labute approximate surface area is 171 Å². The van der Waals surface area contributed by atoms with E-state index in [1.165, 1.54) is 0 Å². The van der Waals surface area contributed by atoms with Gasteiger partial charge in [0.2, 0.25) is 5.75 Å². The molecule has 29 heavy (non-hydrogen) atoms. The van der Waals surface area contributed by atoms with Crippen LogP contribution in [-0.4, -0.2) is 55.4 Å². The monoisotopic (exact) mass is 400 g/mol. The van der Waals surface area contributed by atoms with E-state index in [1.807, 2.05) is 30.3 Å². The molecule has 1 unspecified atom stereocenters. The minimum Gasteiger partial charge on any atom is -0.493 e. The number of ether oxygens (including phenoxy) is 3. The van der Waals surface area contributed by atoms with Crippen LogP contribution in [0.3, 0.4) is 0 Å². The number of carbonyl (C=O) groups is 1. The predicted molar refractivity (Wildman–Crippen MR) is 109 cm³/mol. The Hall–Kier alpha value is -2.80. The average molecular weight is 400 g/mol. The van der Waals surface area contributed by atoms with E-state index in [4.69, 9.17) is 14.2 Å². The van der Waals surface area contributed by atoms with Gasteiger partial charge >= 0.3 is 5.97 Å². The van der Waals surface area contributed by atoms with E-state index in [2.05, 4.69) is 9.88 Å². The maximum absolute atomic E-state index is 11.4. The quantitative estimate of drug-likeness (QED) is 0.729. The molecule has 7 nitrogen and oxygen atoms in total. The van der Waals surface area contributed by atoms with Gasteiger partial charge in [0.05, 0.1) is 27.2 Å². The molecule has 2 heterocycles. The zero-order valence-electron chi connectivity index (χ0n) is 17.1. The lowest BCUT2D eigenvalue weighted by molar-refractivity contribution is -0.143. The Morgan fingerprint density at radius 2 is 1.83 bits per heavy atom. The molecule has 7 heteroatoms. The van der Waals surface area contributed by atoms with Gasteiger partial charge in [-0.05, 0) is 50.2 Å². The van der Waals surface area contributed by atoms with Gasteiger partial charge in [-0.25, -0.2) is 0 Å². The number of aliphatic carboxylic acids is 1. The van der Waals surface area contributed by atoms with Gasteiger partial charge < -0.3 is 19.3 Å². The number of piperidine rings is 1. The van der Waals surface area contributed by atoms with Crippen LogP contribution in [-0.2, 0) is 11.2 Å². The smallest absolute Gasteiger partial charge is 0.306 e. The van der Waals surface area contributed by atoms with Crippen LogP contribution >= 0.6 is 0 Å². The molecule has 0 saturated carbocycles. The van der Waals surface area contributed by atoms with Crippen molar-refractivity contribution in [1.29, 1.82) is 0 Å². The average Bonchev–Trinajstić information content (AvgIpc) is 2.77. The SMILES string of the molecule is COc1ccc(C(Cc2ccccn2)N2CCC(C(=O)O)CC2)c(OC)c1OC. The second-order valence-electron chi connectivity index (χ2n) is 7.11. The highest BCUT2D eigenvalue weighted by atomic mass is 16.5. The summed E-state index contributed by atoms with van der Waals surface area (Å²) in [5.41, 5.74) is 1.94. The molecule has 1 atom stereocenters. The Balaban J connectivity index is 1.98. The van der Waals surface area contributed by atoms with E-state index >= 15 is 0 Å². The lowest BCUT2D eigenvalue weighted by Crippen LogP contribution is -2.39. The molecule has 0 bridgehead atoms. The van der Waals surface area contributed by atoms with E-state index in [0.29, 0.717) is 49.6 Å². The van der Waals surface area contributed by atoms with Gasteiger partial charge in [-0.3, -0.25) is 14.7 Å². The maximum atomic E-state index is 11.4. The first-order valence-corrected chi connectivity index (χ1v) is 9.74. The highest BCUT2D eigenvalue weighted by molar-refractivity contribution is 5.70. The van der Waals surface area contributed by atoms with Gasteiger partial charge in [-0.15, -0.1) is 0 Å². The number of hydrogen-bond acceptors (Lipinski definition) is 6. The number of nitrogens with zero attached hydrogens (tertiary/aromatic N) is 2. The van der Waals surface area contributed by atoms with Crippen molar-refractivity contribution in [2.75, 3.05) is 34.4 Å². The van der Waals surface area contributed by atoms with Gasteiger partial charge in [0.1, 0.15) is 0 Å². The topological polar surface area (TPSA) is 81.1 Å². The van der Waals surface area contributed by atoms with Crippen molar-refractivity contribution in [2.45, 2.75) is 25.3 Å². The summed E-state index contributed by atoms with van der Waals surface area (Å²) < 4.78 is 16.7. The third-order valence-corrected chi connectivity index (χ3v) is 5.54. The van der Waals surface area contributed by atoms with Gasteiger partial charge in [0.25, 0.3) is 0 Å². The molecule has 0 radical (unpaired) electrons. The van der Waals surface area contributed by atoms with Gasteiger partial charge in [0, 0.05) is 29.9 Å². The third kappa shape index (κ3) is 4.62. The van der Waals surface area contributed by atoms with E-state index < -0.39 is 5.97 Å². The van der Waals surface area contributed by atoms with Crippen LogP contribution in [0.5, 0.6) is 17.2 Å². The standard InChI is InChI=1S/C22H28N2O5/c1-27-19-8-7-17(20(28-2)21(19)29-3)18(14-16-6-4-5-11-23-16)24-12-9-15(10-13-24)22(25)26/h4-8,11,15,18H,9-10,12-14H2,1-3H3,(H,25,26). The van der Waals surface area contributed by atoms with Crippen LogP contribution in [0.15, 0.2) is 36.5 Å². The van der Waals surface area contributed by atoms with Crippen LogP contribution in [0.2, 0.25) is 0 Å². The Morgan fingerprint density at radius 1 is 1.10 bits per heavy atom. The molecule has 1 saturated heterocycles. The van der Waals surface area contributed by atoms with Crippen LogP contribution in [0.4, 0.5) is 0 Å². The molecule has 0 aliphatic carbocycles. The van der Waals surface area contributed by atoms with Crippen LogP contribution in [0, 0.1) is 5.92 Å². The number of pyridine rings is 1. The molecule has 1 aromatic heterocycles. The first-order valence-electron chi connectivity index (χ1n) is 9.74. The predicted octanol–water partition coefficient (Wildman–Crippen LogP) is 3.19. The highest BCUT2D eigenvalue weighted by Crippen LogP contribution is 2.44. The minimum absolute atomic E-state index is 0.0191. The molecule has 2 aromatic rings. The fourth-order valence-corrected chi connectivity index (χ4v) is 4.00. The summed E-state index contributed by atoms with van der Waals surface area (Å²) in [5, 5.41) is 9.34. The zero-order valence-corrected chi connectivity index (χ0v) is 17.1. The maximum Gasteiger partial charge on any atom is 0.306 e. The first-order chi connectivity index (χ1) is 14.1. The lowest BCUT2D eigenvalue weighted by atomic mass is 9.92. The Morgan fingerprint density at radius 3 is 2.38 bits per heavy atom. The van der Waals surface area contributed by atoms with Crippen LogP contribution < -0.4 is 14.2 Å². The first kappa shape index (κ1) is 20.9. The molecule has 1 fully saturated rings. The Kier molecular flexibility index (Phi) is 6.93. The van der Waals surface area contributed by atoms with Crippen molar-refractivity contribution in [2.24, 2.45) is 5.92 Å². The van der Waals surface area contributed by atoms with Crippen molar-refractivity contribution >= 4 is 5.97 Å².